The van der Waals surface area contributed by atoms with Gasteiger partial charge in [-0.2, -0.15) is 5.10 Å². The maximum absolute atomic E-state index is 12.7. The molecule has 0 saturated heterocycles. The summed E-state index contributed by atoms with van der Waals surface area (Å²) in [5.41, 5.74) is 1.14. The van der Waals surface area contributed by atoms with Gasteiger partial charge in [0.05, 0.1) is 5.69 Å². The average molecular weight is 357 g/mol. The van der Waals surface area contributed by atoms with Crippen LogP contribution in [0.15, 0.2) is 12.4 Å². The molecule has 0 aromatic carbocycles. The van der Waals surface area contributed by atoms with Crippen LogP contribution in [0.4, 0.5) is 5.82 Å². The van der Waals surface area contributed by atoms with Gasteiger partial charge in [-0.1, -0.05) is 6.92 Å². The first-order valence-electron chi connectivity index (χ1n) is 8.87. The monoisotopic (exact) mass is 357 g/mol. The molecule has 1 atom stereocenters. The van der Waals surface area contributed by atoms with Gasteiger partial charge < -0.3 is 5.32 Å². The second kappa shape index (κ2) is 5.93. The number of aryl methyl sites for hydroxylation is 2. The van der Waals surface area contributed by atoms with E-state index in [1.54, 1.807) is 22.7 Å². The highest BCUT2D eigenvalue weighted by atomic mass is 16.2. The van der Waals surface area contributed by atoms with Crippen molar-refractivity contribution in [3.05, 3.63) is 23.9 Å². The minimum absolute atomic E-state index is 0.0996. The van der Waals surface area contributed by atoms with Crippen molar-refractivity contribution in [3.8, 4) is 0 Å². The molecule has 138 valence electrons. The molecule has 26 heavy (non-hydrogen) atoms. The standard InChI is InChI=1S/C17H23N7O2/c1-11-8-13-22(3)16(26)12(4-7-24(13)20-11)19-15(25)14-18-10-23(21-14)9-17(2)5-6-17/h8,10,12H,4-7,9H2,1-3H3,(H,19,25)/t12-/m0/s1. The number of amides is 2. The molecule has 1 aliphatic carbocycles. The lowest BCUT2D eigenvalue weighted by Crippen LogP contribution is -2.47. The first-order chi connectivity index (χ1) is 12.3. The summed E-state index contributed by atoms with van der Waals surface area (Å²) in [6.45, 7) is 5.41. The number of likely N-dealkylation sites (N-methyl/N-ethyl adjacent to an activating group) is 1. The fraction of sp³-hybridized carbons (Fsp3) is 0.588. The Labute approximate surface area is 151 Å². The van der Waals surface area contributed by atoms with E-state index in [9.17, 15) is 9.59 Å². The van der Waals surface area contributed by atoms with Gasteiger partial charge in [0.15, 0.2) is 0 Å². The highest BCUT2D eigenvalue weighted by molar-refractivity contribution is 6.00. The summed E-state index contributed by atoms with van der Waals surface area (Å²) in [7, 11) is 1.70. The topological polar surface area (TPSA) is 97.9 Å². The summed E-state index contributed by atoms with van der Waals surface area (Å²) >= 11 is 0. The Bertz CT molecular complexity index is 864. The number of hydrogen-bond donors (Lipinski definition) is 1. The van der Waals surface area contributed by atoms with E-state index in [0.717, 1.165) is 18.1 Å². The van der Waals surface area contributed by atoms with E-state index in [4.69, 9.17) is 0 Å². The molecule has 9 nitrogen and oxygen atoms in total. The molecule has 2 aromatic rings. The van der Waals surface area contributed by atoms with E-state index in [1.807, 2.05) is 13.0 Å². The molecule has 1 saturated carbocycles. The minimum atomic E-state index is -0.623. The van der Waals surface area contributed by atoms with Gasteiger partial charge in [-0.3, -0.25) is 19.2 Å². The minimum Gasteiger partial charge on any atom is -0.337 e. The second-order valence-corrected chi connectivity index (χ2v) is 7.66. The van der Waals surface area contributed by atoms with E-state index in [-0.39, 0.29) is 17.1 Å². The number of hydrogen-bond acceptors (Lipinski definition) is 5. The van der Waals surface area contributed by atoms with Crippen LogP contribution in [0.2, 0.25) is 0 Å². The van der Waals surface area contributed by atoms with Crippen molar-refractivity contribution in [1.29, 1.82) is 0 Å². The van der Waals surface area contributed by atoms with Crippen LogP contribution < -0.4 is 10.2 Å². The fourth-order valence-electron chi connectivity index (χ4n) is 3.28. The van der Waals surface area contributed by atoms with Gasteiger partial charge in [-0.15, -0.1) is 5.10 Å². The quantitative estimate of drug-likeness (QED) is 0.871. The molecule has 2 aromatic heterocycles. The molecular formula is C17H23N7O2. The molecular weight excluding hydrogens is 334 g/mol. The molecule has 2 aliphatic rings. The molecule has 3 heterocycles. The van der Waals surface area contributed by atoms with Crippen molar-refractivity contribution in [2.24, 2.45) is 5.41 Å². The zero-order valence-corrected chi connectivity index (χ0v) is 15.3. The van der Waals surface area contributed by atoms with E-state index >= 15 is 0 Å². The lowest BCUT2D eigenvalue weighted by molar-refractivity contribution is -0.120. The lowest BCUT2D eigenvalue weighted by Gasteiger charge is -2.19. The third kappa shape index (κ3) is 3.09. The number of fused-ring (bicyclic) bond motifs is 1. The van der Waals surface area contributed by atoms with Gasteiger partial charge >= 0.3 is 0 Å². The zero-order chi connectivity index (χ0) is 18.5. The lowest BCUT2D eigenvalue weighted by atomic mass is 10.1. The normalized spacial score (nSPS) is 21.3. The number of aromatic nitrogens is 5. The molecule has 9 heteroatoms. The van der Waals surface area contributed by atoms with Crippen molar-refractivity contribution >= 4 is 17.6 Å². The van der Waals surface area contributed by atoms with Gasteiger partial charge in [0.25, 0.3) is 11.8 Å². The number of anilines is 1. The summed E-state index contributed by atoms with van der Waals surface area (Å²) in [6, 6.07) is 1.24. The second-order valence-electron chi connectivity index (χ2n) is 7.66. The van der Waals surface area contributed by atoms with Crippen LogP contribution in [0.1, 0.15) is 42.5 Å². The average Bonchev–Trinajstić information content (AvgIpc) is 3.02. The number of rotatable bonds is 4. The van der Waals surface area contributed by atoms with Crippen LogP contribution in [0.5, 0.6) is 0 Å². The Morgan fingerprint density at radius 3 is 2.88 bits per heavy atom. The Hall–Kier alpha value is -2.71. The summed E-state index contributed by atoms with van der Waals surface area (Å²) in [5.74, 6) is 0.251. The SMILES string of the molecule is Cc1cc2n(n1)CC[C@H](NC(=O)c1ncn(CC3(C)CC3)n1)C(=O)N2C. The van der Waals surface area contributed by atoms with E-state index in [1.165, 1.54) is 17.7 Å². The third-order valence-corrected chi connectivity index (χ3v) is 5.17. The molecule has 0 unspecified atom stereocenters. The molecule has 2 amide bonds. The van der Waals surface area contributed by atoms with Gasteiger partial charge in [-0.05, 0) is 31.6 Å². The van der Waals surface area contributed by atoms with Crippen LogP contribution in [0.25, 0.3) is 0 Å². The van der Waals surface area contributed by atoms with E-state index in [0.29, 0.717) is 13.0 Å². The van der Waals surface area contributed by atoms with Crippen molar-refractivity contribution in [1.82, 2.24) is 29.9 Å². The van der Waals surface area contributed by atoms with Gasteiger partial charge in [0.2, 0.25) is 5.82 Å². The Kier molecular flexibility index (Phi) is 3.82. The van der Waals surface area contributed by atoms with Crippen LogP contribution in [-0.4, -0.2) is 49.4 Å². The van der Waals surface area contributed by atoms with Crippen molar-refractivity contribution in [3.63, 3.8) is 0 Å². The predicted octanol–water partition coefficient (Wildman–Crippen LogP) is 0.748. The van der Waals surface area contributed by atoms with Gasteiger partial charge in [0.1, 0.15) is 18.2 Å². The third-order valence-electron chi connectivity index (χ3n) is 5.17. The van der Waals surface area contributed by atoms with E-state index < -0.39 is 11.9 Å². The maximum Gasteiger partial charge on any atom is 0.291 e. The van der Waals surface area contributed by atoms with Gasteiger partial charge in [-0.25, -0.2) is 9.67 Å². The first kappa shape index (κ1) is 16.7. The summed E-state index contributed by atoms with van der Waals surface area (Å²) in [4.78, 5) is 30.8. The summed E-state index contributed by atoms with van der Waals surface area (Å²) < 4.78 is 3.50. The Morgan fingerprint density at radius 1 is 1.38 bits per heavy atom. The van der Waals surface area contributed by atoms with Crippen molar-refractivity contribution in [2.45, 2.75) is 52.2 Å². The molecule has 0 bridgehead atoms. The van der Waals surface area contributed by atoms with Crippen molar-refractivity contribution in [2.75, 3.05) is 11.9 Å². The fourth-order valence-corrected chi connectivity index (χ4v) is 3.28. The molecule has 1 fully saturated rings. The number of carbonyl (C=O) groups excluding carboxylic acids is 2. The van der Waals surface area contributed by atoms with Crippen molar-refractivity contribution < 1.29 is 9.59 Å². The van der Waals surface area contributed by atoms with Crippen LogP contribution in [-0.2, 0) is 17.9 Å². The van der Waals surface area contributed by atoms with E-state index in [2.05, 4.69) is 27.4 Å². The predicted molar refractivity (Wildman–Crippen MR) is 93.6 cm³/mol. The highest BCUT2D eigenvalue weighted by Gasteiger charge is 2.38. The first-order valence-corrected chi connectivity index (χ1v) is 8.87. The van der Waals surface area contributed by atoms with Crippen LogP contribution >= 0.6 is 0 Å². The van der Waals surface area contributed by atoms with Gasteiger partial charge in [0, 0.05) is 26.2 Å². The molecule has 4 rings (SSSR count). The molecule has 1 N–H and O–H groups in total. The zero-order valence-electron chi connectivity index (χ0n) is 15.3. The van der Waals surface area contributed by atoms with Crippen LogP contribution in [0, 0.1) is 12.3 Å². The number of carbonyl (C=O) groups is 2. The number of nitrogens with zero attached hydrogens (tertiary/aromatic N) is 6. The molecule has 0 radical (unpaired) electrons. The summed E-state index contributed by atoms with van der Waals surface area (Å²) in [6.07, 6.45) is 4.40. The highest BCUT2D eigenvalue weighted by Crippen LogP contribution is 2.46. The summed E-state index contributed by atoms with van der Waals surface area (Å²) in [5, 5.41) is 11.4. The molecule has 1 aliphatic heterocycles. The Morgan fingerprint density at radius 2 is 2.15 bits per heavy atom. The largest absolute Gasteiger partial charge is 0.337 e. The van der Waals surface area contributed by atoms with Crippen LogP contribution in [0.3, 0.4) is 0 Å². The smallest absolute Gasteiger partial charge is 0.291 e. The maximum atomic E-state index is 12.7. The Balaban J connectivity index is 1.44. The number of nitrogens with one attached hydrogen (secondary N) is 1. The molecule has 0 spiro atoms.